The monoisotopic (exact) mass is 315 g/mol. The van der Waals surface area contributed by atoms with Crippen molar-refractivity contribution in [3.05, 3.63) is 41.1 Å². The third-order valence-electron chi connectivity index (χ3n) is 4.76. The Morgan fingerprint density at radius 1 is 1.22 bits per heavy atom. The number of aliphatic hydroxyl groups excluding tert-OH is 1. The van der Waals surface area contributed by atoms with Gasteiger partial charge in [0.05, 0.1) is 20.8 Å². The summed E-state index contributed by atoms with van der Waals surface area (Å²) in [5.74, 6) is 2.19. The fraction of sp³-hybridized carbons (Fsp3) is 0.474. The first kappa shape index (κ1) is 15.9. The molecule has 0 atom stereocenters. The summed E-state index contributed by atoms with van der Waals surface area (Å²) in [6.45, 7) is 0.854. The van der Waals surface area contributed by atoms with E-state index < -0.39 is 0 Å². The van der Waals surface area contributed by atoms with Crippen molar-refractivity contribution in [1.29, 1.82) is 0 Å². The molecule has 0 aromatic heterocycles. The van der Waals surface area contributed by atoms with E-state index in [0.29, 0.717) is 5.92 Å². The molecule has 1 aromatic carbocycles. The van der Waals surface area contributed by atoms with Gasteiger partial charge in [-0.1, -0.05) is 6.42 Å². The summed E-state index contributed by atoms with van der Waals surface area (Å²) in [5.41, 5.74) is 4.47. The minimum Gasteiger partial charge on any atom is -0.493 e. The number of likely N-dealkylation sites (N-methyl/N-ethyl adjacent to an activating group) is 1. The van der Waals surface area contributed by atoms with Gasteiger partial charge in [-0.3, -0.25) is 0 Å². The lowest BCUT2D eigenvalue weighted by Crippen LogP contribution is -2.20. The maximum absolute atomic E-state index is 9.48. The highest BCUT2D eigenvalue weighted by molar-refractivity contribution is 5.78. The average molecular weight is 315 g/mol. The number of ether oxygens (including phenoxy) is 2. The SMILES string of the molecule is COc1cc(C2=CN(C)CC(CO)=C2)cc(C2CCC2)c1OC. The van der Waals surface area contributed by atoms with Crippen LogP contribution in [0.3, 0.4) is 0 Å². The molecule has 0 saturated heterocycles. The highest BCUT2D eigenvalue weighted by Crippen LogP contribution is 2.46. The van der Waals surface area contributed by atoms with Gasteiger partial charge in [0.25, 0.3) is 0 Å². The van der Waals surface area contributed by atoms with Gasteiger partial charge in [0.2, 0.25) is 0 Å². The van der Waals surface area contributed by atoms with Gasteiger partial charge >= 0.3 is 0 Å². The minimum absolute atomic E-state index is 0.0877. The van der Waals surface area contributed by atoms with Crippen molar-refractivity contribution in [2.45, 2.75) is 25.2 Å². The number of methoxy groups -OCH3 is 2. The highest BCUT2D eigenvalue weighted by Gasteiger charge is 2.26. The maximum Gasteiger partial charge on any atom is 0.164 e. The van der Waals surface area contributed by atoms with E-state index in [9.17, 15) is 5.11 Å². The lowest BCUT2D eigenvalue weighted by atomic mass is 9.78. The molecule has 0 unspecified atom stereocenters. The van der Waals surface area contributed by atoms with Gasteiger partial charge in [-0.15, -0.1) is 0 Å². The molecule has 1 aliphatic carbocycles. The lowest BCUT2D eigenvalue weighted by Gasteiger charge is -2.29. The Bertz CT molecular complexity index is 644. The Labute approximate surface area is 138 Å². The molecular weight excluding hydrogens is 290 g/mol. The second-order valence-corrected chi connectivity index (χ2v) is 6.39. The molecule has 1 aliphatic heterocycles. The Balaban J connectivity index is 2.07. The molecule has 0 radical (unpaired) electrons. The van der Waals surface area contributed by atoms with Gasteiger partial charge in [-0.05, 0) is 53.7 Å². The minimum atomic E-state index is 0.0877. The van der Waals surface area contributed by atoms with Crippen molar-refractivity contribution in [1.82, 2.24) is 4.90 Å². The Morgan fingerprint density at radius 3 is 2.57 bits per heavy atom. The molecule has 124 valence electrons. The predicted molar refractivity (Wildman–Crippen MR) is 91.9 cm³/mol. The standard InChI is InChI=1S/C19H25NO3/c1-20-10-13(12-21)7-16(11-20)15-8-17(14-5-4-6-14)19(23-3)18(9-15)22-2/h7-9,11,14,21H,4-6,10,12H2,1-3H3. The van der Waals surface area contributed by atoms with Crippen LogP contribution in [0.2, 0.25) is 0 Å². The van der Waals surface area contributed by atoms with Crippen molar-refractivity contribution >= 4 is 5.57 Å². The van der Waals surface area contributed by atoms with E-state index >= 15 is 0 Å². The maximum atomic E-state index is 9.48. The number of hydrogen-bond acceptors (Lipinski definition) is 4. The fourth-order valence-corrected chi connectivity index (χ4v) is 3.34. The van der Waals surface area contributed by atoms with Crippen molar-refractivity contribution in [2.75, 3.05) is 34.4 Å². The molecule has 4 heteroatoms. The number of benzene rings is 1. The van der Waals surface area contributed by atoms with E-state index in [-0.39, 0.29) is 6.61 Å². The number of nitrogens with zero attached hydrogens (tertiary/aromatic N) is 1. The summed E-state index contributed by atoms with van der Waals surface area (Å²) in [6.07, 6.45) is 7.89. The summed E-state index contributed by atoms with van der Waals surface area (Å²) in [7, 11) is 5.41. The molecule has 0 bridgehead atoms. The predicted octanol–water partition coefficient (Wildman–Crippen LogP) is 3.18. The fourth-order valence-electron chi connectivity index (χ4n) is 3.34. The van der Waals surface area contributed by atoms with Gasteiger partial charge < -0.3 is 19.5 Å². The highest BCUT2D eigenvalue weighted by atomic mass is 16.5. The van der Waals surface area contributed by atoms with Crippen LogP contribution < -0.4 is 9.47 Å². The molecule has 1 saturated carbocycles. The van der Waals surface area contributed by atoms with Crippen LogP contribution in [0.15, 0.2) is 30.0 Å². The molecule has 2 aliphatic rings. The van der Waals surface area contributed by atoms with Gasteiger partial charge in [0.1, 0.15) is 0 Å². The second kappa shape index (κ2) is 6.67. The second-order valence-electron chi connectivity index (χ2n) is 6.39. The first-order chi connectivity index (χ1) is 11.2. The summed E-state index contributed by atoms with van der Waals surface area (Å²) in [5, 5.41) is 9.48. The number of allylic oxidation sites excluding steroid dienone is 2. The van der Waals surface area contributed by atoms with Gasteiger partial charge in [-0.2, -0.15) is 0 Å². The van der Waals surface area contributed by atoms with Crippen LogP contribution in [0.1, 0.15) is 36.3 Å². The van der Waals surface area contributed by atoms with Crippen LogP contribution in [-0.4, -0.2) is 44.4 Å². The Kier molecular flexibility index (Phi) is 4.62. The topological polar surface area (TPSA) is 41.9 Å². The molecule has 1 heterocycles. The van der Waals surface area contributed by atoms with E-state index in [4.69, 9.17) is 9.47 Å². The van der Waals surface area contributed by atoms with Crippen molar-refractivity contribution in [3.8, 4) is 11.5 Å². The lowest BCUT2D eigenvalue weighted by molar-refractivity contribution is 0.316. The van der Waals surface area contributed by atoms with Gasteiger partial charge in [0.15, 0.2) is 11.5 Å². The number of aliphatic hydroxyl groups is 1. The number of rotatable bonds is 5. The van der Waals surface area contributed by atoms with Crippen molar-refractivity contribution in [2.24, 2.45) is 0 Å². The van der Waals surface area contributed by atoms with E-state index in [1.165, 1.54) is 24.8 Å². The first-order valence-corrected chi connectivity index (χ1v) is 8.15. The third kappa shape index (κ3) is 3.08. The molecule has 0 amide bonds. The summed E-state index contributed by atoms with van der Waals surface area (Å²) in [6, 6.07) is 4.25. The first-order valence-electron chi connectivity index (χ1n) is 8.15. The van der Waals surface area contributed by atoms with E-state index in [1.54, 1.807) is 14.2 Å². The van der Waals surface area contributed by atoms with Crippen LogP contribution >= 0.6 is 0 Å². The third-order valence-corrected chi connectivity index (χ3v) is 4.76. The molecule has 3 rings (SSSR count). The molecule has 23 heavy (non-hydrogen) atoms. The molecular formula is C19H25NO3. The largest absolute Gasteiger partial charge is 0.493 e. The molecule has 1 aromatic rings. The summed E-state index contributed by atoms with van der Waals surface area (Å²) in [4.78, 5) is 2.10. The van der Waals surface area contributed by atoms with Crippen LogP contribution in [0, 0.1) is 0 Å². The Hall–Kier alpha value is -1.94. The Morgan fingerprint density at radius 2 is 2.00 bits per heavy atom. The van der Waals surface area contributed by atoms with Crippen molar-refractivity contribution in [3.63, 3.8) is 0 Å². The zero-order valence-corrected chi connectivity index (χ0v) is 14.1. The average Bonchev–Trinajstić information content (AvgIpc) is 2.51. The zero-order valence-electron chi connectivity index (χ0n) is 14.1. The quantitative estimate of drug-likeness (QED) is 0.906. The molecule has 4 nitrogen and oxygen atoms in total. The summed E-state index contributed by atoms with van der Waals surface area (Å²) < 4.78 is 11.2. The molecule has 1 fully saturated rings. The van der Waals surface area contributed by atoms with E-state index in [1.807, 2.05) is 13.1 Å². The van der Waals surface area contributed by atoms with Gasteiger partial charge in [0, 0.05) is 25.4 Å². The molecule has 0 spiro atoms. The van der Waals surface area contributed by atoms with Crippen LogP contribution in [0.4, 0.5) is 0 Å². The van der Waals surface area contributed by atoms with E-state index in [2.05, 4.69) is 23.2 Å². The van der Waals surface area contributed by atoms with Crippen LogP contribution in [-0.2, 0) is 0 Å². The van der Waals surface area contributed by atoms with Gasteiger partial charge in [-0.25, -0.2) is 0 Å². The smallest absolute Gasteiger partial charge is 0.164 e. The zero-order chi connectivity index (χ0) is 16.4. The normalized spacial score (nSPS) is 18.2. The number of hydrogen-bond donors (Lipinski definition) is 1. The van der Waals surface area contributed by atoms with Crippen molar-refractivity contribution < 1.29 is 14.6 Å². The summed E-state index contributed by atoms with van der Waals surface area (Å²) >= 11 is 0. The van der Waals surface area contributed by atoms with E-state index in [0.717, 1.165) is 34.8 Å². The van der Waals surface area contributed by atoms with Crippen LogP contribution in [0.5, 0.6) is 11.5 Å². The van der Waals surface area contributed by atoms with Crippen LogP contribution in [0.25, 0.3) is 5.57 Å². The molecule has 1 N–H and O–H groups in total.